The Balaban J connectivity index is 2.13. The fourth-order valence-corrected chi connectivity index (χ4v) is 2.58. The minimum absolute atomic E-state index is 0.0753. The van der Waals surface area contributed by atoms with Gasteiger partial charge in [0.15, 0.2) is 6.10 Å². The van der Waals surface area contributed by atoms with Gasteiger partial charge in [-0.1, -0.05) is 30.3 Å². The van der Waals surface area contributed by atoms with Gasteiger partial charge in [-0.25, -0.2) is 0 Å². The van der Waals surface area contributed by atoms with Crippen molar-refractivity contribution in [3.63, 3.8) is 0 Å². The molecular formula is C15H21NO3. The van der Waals surface area contributed by atoms with Crippen LogP contribution in [-0.4, -0.2) is 41.7 Å². The molecule has 0 aromatic heterocycles. The van der Waals surface area contributed by atoms with Gasteiger partial charge < -0.3 is 14.7 Å². The van der Waals surface area contributed by atoms with Crippen LogP contribution in [0.2, 0.25) is 0 Å². The van der Waals surface area contributed by atoms with E-state index in [9.17, 15) is 9.90 Å². The third kappa shape index (κ3) is 3.33. The molecule has 0 spiro atoms. The van der Waals surface area contributed by atoms with E-state index in [1.807, 2.05) is 30.3 Å². The summed E-state index contributed by atoms with van der Waals surface area (Å²) in [5.74, 6) is -0.0753. The highest BCUT2D eigenvalue weighted by molar-refractivity contribution is 5.82. The number of amides is 1. The lowest BCUT2D eigenvalue weighted by Gasteiger charge is -2.38. The Morgan fingerprint density at radius 1 is 1.42 bits per heavy atom. The summed E-state index contributed by atoms with van der Waals surface area (Å²) < 4.78 is 5.35. The van der Waals surface area contributed by atoms with Crippen molar-refractivity contribution in [2.45, 2.75) is 31.5 Å². The number of piperidine rings is 1. The van der Waals surface area contributed by atoms with Crippen LogP contribution in [0.1, 0.15) is 31.4 Å². The van der Waals surface area contributed by atoms with Crippen LogP contribution in [0.4, 0.5) is 0 Å². The second kappa shape index (κ2) is 5.72. The molecule has 19 heavy (non-hydrogen) atoms. The molecule has 4 nitrogen and oxygen atoms in total. The maximum Gasteiger partial charge on any atom is 0.256 e. The number of hydrogen-bond donors (Lipinski definition) is 1. The average molecular weight is 263 g/mol. The number of methoxy groups -OCH3 is 1. The van der Waals surface area contributed by atoms with Crippen molar-refractivity contribution < 1.29 is 14.6 Å². The number of hydrogen-bond acceptors (Lipinski definition) is 3. The van der Waals surface area contributed by atoms with E-state index in [0.717, 1.165) is 18.4 Å². The van der Waals surface area contributed by atoms with Gasteiger partial charge >= 0.3 is 0 Å². The average Bonchev–Trinajstić information content (AvgIpc) is 2.39. The molecule has 2 unspecified atom stereocenters. The molecule has 0 radical (unpaired) electrons. The lowest BCUT2D eigenvalue weighted by Crippen LogP contribution is -2.50. The van der Waals surface area contributed by atoms with Crippen molar-refractivity contribution in [2.75, 3.05) is 20.2 Å². The van der Waals surface area contributed by atoms with Crippen LogP contribution in [0.25, 0.3) is 0 Å². The first-order chi connectivity index (χ1) is 9.03. The van der Waals surface area contributed by atoms with Crippen molar-refractivity contribution in [3.8, 4) is 0 Å². The smallest absolute Gasteiger partial charge is 0.256 e. The Bertz CT molecular complexity index is 430. The van der Waals surface area contributed by atoms with E-state index in [1.165, 1.54) is 7.11 Å². The van der Waals surface area contributed by atoms with E-state index < -0.39 is 11.7 Å². The largest absolute Gasteiger partial charge is 0.388 e. The van der Waals surface area contributed by atoms with Crippen LogP contribution in [0.15, 0.2) is 30.3 Å². The fourth-order valence-electron chi connectivity index (χ4n) is 2.58. The zero-order valence-electron chi connectivity index (χ0n) is 11.5. The Morgan fingerprint density at radius 3 is 2.68 bits per heavy atom. The Kier molecular flexibility index (Phi) is 4.22. The van der Waals surface area contributed by atoms with Crippen LogP contribution in [0.5, 0.6) is 0 Å². The van der Waals surface area contributed by atoms with E-state index in [1.54, 1.807) is 11.8 Å². The van der Waals surface area contributed by atoms with Gasteiger partial charge in [0, 0.05) is 20.2 Å². The zero-order valence-corrected chi connectivity index (χ0v) is 11.5. The van der Waals surface area contributed by atoms with E-state index in [0.29, 0.717) is 13.1 Å². The molecule has 1 aliphatic heterocycles. The third-order valence-electron chi connectivity index (χ3n) is 3.55. The summed E-state index contributed by atoms with van der Waals surface area (Å²) in [4.78, 5) is 14.2. The van der Waals surface area contributed by atoms with Crippen LogP contribution in [0, 0.1) is 0 Å². The monoisotopic (exact) mass is 263 g/mol. The first kappa shape index (κ1) is 14.0. The Morgan fingerprint density at radius 2 is 2.11 bits per heavy atom. The zero-order chi connectivity index (χ0) is 13.9. The van der Waals surface area contributed by atoms with Crippen LogP contribution >= 0.6 is 0 Å². The summed E-state index contributed by atoms with van der Waals surface area (Å²) in [6, 6.07) is 9.46. The van der Waals surface area contributed by atoms with Gasteiger partial charge in [-0.3, -0.25) is 4.79 Å². The molecule has 2 atom stereocenters. The van der Waals surface area contributed by atoms with Crippen molar-refractivity contribution >= 4 is 5.91 Å². The van der Waals surface area contributed by atoms with E-state index >= 15 is 0 Å². The lowest BCUT2D eigenvalue weighted by atomic mass is 9.94. The molecule has 1 aromatic rings. The molecule has 2 rings (SSSR count). The summed E-state index contributed by atoms with van der Waals surface area (Å²) in [5.41, 5.74) is 0.0586. The van der Waals surface area contributed by atoms with E-state index in [4.69, 9.17) is 4.74 Å². The van der Waals surface area contributed by atoms with Gasteiger partial charge in [0.25, 0.3) is 5.91 Å². The normalized spacial score (nSPS) is 25.1. The van der Waals surface area contributed by atoms with Crippen LogP contribution in [-0.2, 0) is 9.53 Å². The summed E-state index contributed by atoms with van der Waals surface area (Å²) in [7, 11) is 1.54. The van der Waals surface area contributed by atoms with Crippen molar-refractivity contribution in [2.24, 2.45) is 0 Å². The molecular weight excluding hydrogens is 242 g/mol. The number of β-amino-alcohol motifs (C(OH)–C–C–N with tert-alkyl or cyclic N) is 1. The minimum atomic E-state index is -0.789. The molecule has 1 saturated heterocycles. The first-order valence-corrected chi connectivity index (χ1v) is 6.62. The number of ether oxygens (including phenoxy) is 1. The molecule has 104 valence electrons. The predicted octanol–water partition coefficient (Wildman–Crippen LogP) is 1.75. The van der Waals surface area contributed by atoms with Crippen LogP contribution < -0.4 is 0 Å². The van der Waals surface area contributed by atoms with Crippen molar-refractivity contribution in [1.29, 1.82) is 0 Å². The second-order valence-corrected chi connectivity index (χ2v) is 5.39. The van der Waals surface area contributed by atoms with E-state index in [-0.39, 0.29) is 5.91 Å². The SMILES string of the molecule is COC(C(=O)N1CCCC(C)(O)C1)c1ccccc1. The highest BCUT2D eigenvalue weighted by Crippen LogP contribution is 2.25. The molecule has 1 fully saturated rings. The second-order valence-electron chi connectivity index (χ2n) is 5.39. The number of carbonyl (C=O) groups is 1. The van der Waals surface area contributed by atoms with Gasteiger partial charge in [-0.05, 0) is 25.3 Å². The number of carbonyl (C=O) groups excluding carboxylic acids is 1. The molecule has 1 aliphatic rings. The van der Waals surface area contributed by atoms with Gasteiger partial charge in [0.2, 0.25) is 0 Å². The van der Waals surface area contributed by atoms with Crippen molar-refractivity contribution in [3.05, 3.63) is 35.9 Å². The molecule has 1 aromatic carbocycles. The van der Waals surface area contributed by atoms with Gasteiger partial charge in [-0.15, -0.1) is 0 Å². The molecule has 4 heteroatoms. The molecule has 0 bridgehead atoms. The highest BCUT2D eigenvalue weighted by Gasteiger charge is 2.34. The Labute approximate surface area is 114 Å². The number of aliphatic hydroxyl groups is 1. The summed E-state index contributed by atoms with van der Waals surface area (Å²) >= 11 is 0. The summed E-state index contributed by atoms with van der Waals surface area (Å²) in [5, 5.41) is 10.1. The number of benzene rings is 1. The predicted molar refractivity (Wildman–Crippen MR) is 72.6 cm³/mol. The van der Waals surface area contributed by atoms with E-state index in [2.05, 4.69) is 0 Å². The highest BCUT2D eigenvalue weighted by atomic mass is 16.5. The quantitative estimate of drug-likeness (QED) is 0.904. The maximum absolute atomic E-state index is 12.5. The molecule has 1 N–H and O–H groups in total. The number of rotatable bonds is 3. The lowest BCUT2D eigenvalue weighted by molar-refractivity contribution is -0.148. The third-order valence-corrected chi connectivity index (χ3v) is 3.55. The van der Waals surface area contributed by atoms with Gasteiger partial charge in [0.05, 0.1) is 5.60 Å². The molecule has 0 aliphatic carbocycles. The number of likely N-dealkylation sites (tertiary alicyclic amines) is 1. The first-order valence-electron chi connectivity index (χ1n) is 6.62. The van der Waals surface area contributed by atoms with Crippen LogP contribution in [0.3, 0.4) is 0 Å². The standard InChI is InChI=1S/C15H21NO3/c1-15(18)9-6-10-16(11-15)14(17)13(19-2)12-7-4-3-5-8-12/h3-5,7-8,13,18H,6,9-11H2,1-2H3. The number of nitrogens with zero attached hydrogens (tertiary/aromatic N) is 1. The maximum atomic E-state index is 12.5. The fraction of sp³-hybridized carbons (Fsp3) is 0.533. The minimum Gasteiger partial charge on any atom is -0.388 e. The summed E-state index contributed by atoms with van der Waals surface area (Å²) in [6.07, 6.45) is 0.971. The Hall–Kier alpha value is -1.39. The van der Waals surface area contributed by atoms with Gasteiger partial charge in [0.1, 0.15) is 0 Å². The topological polar surface area (TPSA) is 49.8 Å². The summed E-state index contributed by atoms with van der Waals surface area (Å²) in [6.45, 7) is 2.83. The van der Waals surface area contributed by atoms with Crippen molar-refractivity contribution in [1.82, 2.24) is 4.90 Å². The molecule has 1 amide bonds. The molecule has 0 saturated carbocycles. The van der Waals surface area contributed by atoms with Gasteiger partial charge in [-0.2, -0.15) is 0 Å². The molecule has 1 heterocycles.